The Balaban J connectivity index is 2.03. The minimum Gasteiger partial charge on any atom is -0.481 e. The number of benzene rings is 1. The summed E-state index contributed by atoms with van der Waals surface area (Å²) in [6.07, 6.45) is 1.88. The number of rotatable bonds is 2. The van der Waals surface area contributed by atoms with Crippen molar-refractivity contribution in [1.82, 2.24) is 10.3 Å². The summed E-state index contributed by atoms with van der Waals surface area (Å²) in [6, 6.07) is 8.30. The number of ether oxygens (including phenoxy) is 2. The topological polar surface area (TPSA) is 43.4 Å². The average molecular weight is 244 g/mol. The Labute approximate surface area is 106 Å². The second kappa shape index (κ2) is 4.92. The maximum atomic E-state index is 5.76. The summed E-state index contributed by atoms with van der Waals surface area (Å²) < 4.78 is 11.1. The number of hydrogen-bond donors (Lipinski definition) is 1. The largest absolute Gasteiger partial charge is 0.481 e. The van der Waals surface area contributed by atoms with E-state index in [1.165, 1.54) is 5.56 Å². The first-order valence-electron chi connectivity index (χ1n) is 6.13. The molecule has 0 aliphatic carbocycles. The normalized spacial score (nSPS) is 19.9. The molecule has 1 aromatic heterocycles. The fraction of sp³-hybridized carbons (Fsp3) is 0.357. The second-order valence-corrected chi connectivity index (χ2v) is 4.36. The lowest BCUT2D eigenvalue weighted by molar-refractivity contribution is 0.0278. The van der Waals surface area contributed by atoms with Crippen LogP contribution in [-0.4, -0.2) is 31.8 Å². The van der Waals surface area contributed by atoms with E-state index in [0.717, 1.165) is 30.5 Å². The minimum absolute atomic E-state index is 0.119. The average Bonchev–Trinajstić information content (AvgIpc) is 2.47. The molecule has 0 bridgehead atoms. The highest BCUT2D eigenvalue weighted by Crippen LogP contribution is 2.28. The van der Waals surface area contributed by atoms with Crippen molar-refractivity contribution in [3.8, 4) is 5.88 Å². The highest BCUT2D eigenvalue weighted by Gasteiger charge is 2.16. The van der Waals surface area contributed by atoms with Crippen molar-refractivity contribution in [3.05, 3.63) is 36.0 Å². The van der Waals surface area contributed by atoms with Crippen LogP contribution in [0.25, 0.3) is 10.8 Å². The number of morpholine rings is 1. The minimum atomic E-state index is 0.119. The molecule has 1 atom stereocenters. The Hall–Kier alpha value is -1.65. The van der Waals surface area contributed by atoms with E-state index in [4.69, 9.17) is 9.47 Å². The third-order valence-corrected chi connectivity index (χ3v) is 3.25. The number of nitrogens with one attached hydrogen (secondary N) is 1. The van der Waals surface area contributed by atoms with Crippen LogP contribution >= 0.6 is 0 Å². The van der Waals surface area contributed by atoms with E-state index in [9.17, 15) is 0 Å². The summed E-state index contributed by atoms with van der Waals surface area (Å²) >= 11 is 0. The molecule has 1 aliphatic heterocycles. The Morgan fingerprint density at radius 3 is 3.11 bits per heavy atom. The molecule has 2 heterocycles. The SMILES string of the molecule is COc1nccc2ccc(C3CNCCO3)cc12. The fourth-order valence-electron chi connectivity index (χ4n) is 2.30. The summed E-state index contributed by atoms with van der Waals surface area (Å²) in [5.74, 6) is 0.665. The maximum absolute atomic E-state index is 5.76. The zero-order valence-electron chi connectivity index (χ0n) is 10.3. The molecule has 1 aromatic carbocycles. The van der Waals surface area contributed by atoms with Crippen molar-refractivity contribution in [2.24, 2.45) is 0 Å². The van der Waals surface area contributed by atoms with Crippen molar-refractivity contribution in [2.75, 3.05) is 26.8 Å². The van der Waals surface area contributed by atoms with Crippen LogP contribution < -0.4 is 10.1 Å². The number of fused-ring (bicyclic) bond motifs is 1. The zero-order valence-corrected chi connectivity index (χ0v) is 10.3. The molecule has 18 heavy (non-hydrogen) atoms. The molecule has 1 fully saturated rings. The van der Waals surface area contributed by atoms with Crippen LogP contribution in [0.4, 0.5) is 0 Å². The third kappa shape index (κ3) is 2.05. The standard InChI is InChI=1S/C14H16N2O2/c1-17-14-12-8-11(13-9-15-6-7-18-13)3-2-10(12)4-5-16-14/h2-5,8,13,15H,6-7,9H2,1H3. The van der Waals surface area contributed by atoms with Gasteiger partial charge >= 0.3 is 0 Å². The first-order chi connectivity index (χ1) is 8.88. The van der Waals surface area contributed by atoms with Crippen LogP contribution in [0.3, 0.4) is 0 Å². The molecular weight excluding hydrogens is 228 g/mol. The van der Waals surface area contributed by atoms with Crippen LogP contribution in [0.2, 0.25) is 0 Å². The highest BCUT2D eigenvalue weighted by atomic mass is 16.5. The van der Waals surface area contributed by atoms with Gasteiger partial charge in [-0.2, -0.15) is 0 Å². The predicted octanol–water partition coefficient (Wildman–Crippen LogP) is 1.90. The van der Waals surface area contributed by atoms with E-state index in [0.29, 0.717) is 5.88 Å². The molecule has 94 valence electrons. The van der Waals surface area contributed by atoms with Gasteiger partial charge < -0.3 is 14.8 Å². The van der Waals surface area contributed by atoms with Gasteiger partial charge in [0.05, 0.1) is 19.8 Å². The van der Waals surface area contributed by atoms with Gasteiger partial charge in [0.25, 0.3) is 0 Å². The van der Waals surface area contributed by atoms with Crippen molar-refractivity contribution in [2.45, 2.75) is 6.10 Å². The van der Waals surface area contributed by atoms with E-state index in [-0.39, 0.29) is 6.10 Å². The first kappa shape index (κ1) is 11.4. The maximum Gasteiger partial charge on any atom is 0.221 e. The highest BCUT2D eigenvalue weighted by molar-refractivity contribution is 5.87. The summed E-state index contributed by atoms with van der Waals surface area (Å²) in [6.45, 7) is 2.54. The molecule has 0 saturated carbocycles. The van der Waals surface area contributed by atoms with Gasteiger partial charge in [0.15, 0.2) is 0 Å². The van der Waals surface area contributed by atoms with E-state index in [1.807, 2.05) is 6.07 Å². The van der Waals surface area contributed by atoms with Crippen molar-refractivity contribution < 1.29 is 9.47 Å². The Morgan fingerprint density at radius 2 is 2.33 bits per heavy atom. The monoisotopic (exact) mass is 244 g/mol. The number of hydrogen-bond acceptors (Lipinski definition) is 4. The molecule has 3 rings (SSSR count). The van der Waals surface area contributed by atoms with Gasteiger partial charge in [-0.3, -0.25) is 0 Å². The summed E-state index contributed by atoms with van der Waals surface area (Å²) in [5, 5.41) is 5.51. The number of pyridine rings is 1. The first-order valence-corrected chi connectivity index (χ1v) is 6.13. The van der Waals surface area contributed by atoms with Gasteiger partial charge in [-0.1, -0.05) is 12.1 Å². The molecule has 4 heteroatoms. The van der Waals surface area contributed by atoms with Gasteiger partial charge in [-0.25, -0.2) is 4.98 Å². The summed E-state index contributed by atoms with van der Waals surface area (Å²) in [5.41, 5.74) is 1.17. The fourth-order valence-corrected chi connectivity index (χ4v) is 2.30. The van der Waals surface area contributed by atoms with Crippen molar-refractivity contribution in [3.63, 3.8) is 0 Å². The van der Waals surface area contributed by atoms with Gasteiger partial charge in [-0.15, -0.1) is 0 Å². The molecule has 1 unspecified atom stereocenters. The molecule has 0 spiro atoms. The molecule has 0 amide bonds. The lowest BCUT2D eigenvalue weighted by Gasteiger charge is -2.24. The van der Waals surface area contributed by atoms with Crippen molar-refractivity contribution in [1.29, 1.82) is 0 Å². The number of nitrogens with zero attached hydrogens (tertiary/aromatic N) is 1. The van der Waals surface area contributed by atoms with E-state index >= 15 is 0 Å². The smallest absolute Gasteiger partial charge is 0.221 e. The van der Waals surface area contributed by atoms with Crippen LogP contribution in [0.1, 0.15) is 11.7 Å². The van der Waals surface area contributed by atoms with E-state index in [1.54, 1.807) is 13.3 Å². The van der Waals surface area contributed by atoms with E-state index in [2.05, 4.69) is 28.5 Å². The lowest BCUT2D eigenvalue weighted by Crippen LogP contribution is -2.33. The van der Waals surface area contributed by atoms with Crippen LogP contribution in [0, 0.1) is 0 Å². The van der Waals surface area contributed by atoms with Crippen LogP contribution in [0.5, 0.6) is 5.88 Å². The molecule has 2 aromatic rings. The van der Waals surface area contributed by atoms with Crippen molar-refractivity contribution >= 4 is 10.8 Å². The Bertz CT molecular complexity index is 550. The van der Waals surface area contributed by atoms with Gasteiger partial charge in [0.1, 0.15) is 0 Å². The van der Waals surface area contributed by atoms with Gasteiger partial charge in [0, 0.05) is 24.7 Å². The summed E-state index contributed by atoms with van der Waals surface area (Å²) in [7, 11) is 1.65. The molecule has 1 N–H and O–H groups in total. The molecule has 4 nitrogen and oxygen atoms in total. The molecular formula is C14H16N2O2. The third-order valence-electron chi connectivity index (χ3n) is 3.25. The lowest BCUT2D eigenvalue weighted by atomic mass is 10.0. The van der Waals surface area contributed by atoms with Crippen LogP contribution in [-0.2, 0) is 4.74 Å². The quantitative estimate of drug-likeness (QED) is 0.876. The van der Waals surface area contributed by atoms with Gasteiger partial charge in [-0.05, 0) is 23.1 Å². The van der Waals surface area contributed by atoms with Crippen LogP contribution in [0.15, 0.2) is 30.5 Å². The second-order valence-electron chi connectivity index (χ2n) is 4.36. The van der Waals surface area contributed by atoms with Gasteiger partial charge in [0.2, 0.25) is 5.88 Å². The Kier molecular flexibility index (Phi) is 3.13. The predicted molar refractivity (Wildman–Crippen MR) is 69.9 cm³/mol. The van der Waals surface area contributed by atoms with E-state index < -0.39 is 0 Å². The summed E-state index contributed by atoms with van der Waals surface area (Å²) in [4.78, 5) is 4.23. The number of aromatic nitrogens is 1. The molecule has 0 radical (unpaired) electrons. The Morgan fingerprint density at radius 1 is 1.39 bits per heavy atom. The molecule has 1 saturated heterocycles. The number of methoxy groups -OCH3 is 1. The zero-order chi connectivity index (χ0) is 12.4. The molecule has 1 aliphatic rings.